The van der Waals surface area contributed by atoms with Crippen molar-refractivity contribution in [2.24, 2.45) is 0 Å². The van der Waals surface area contributed by atoms with Crippen molar-refractivity contribution >= 4 is 23.5 Å². The maximum absolute atomic E-state index is 11.9. The molecule has 0 N–H and O–H groups in total. The smallest absolute Gasteiger partial charge is 0.241 e. The molecule has 2 aliphatic heterocycles. The summed E-state index contributed by atoms with van der Waals surface area (Å²) in [5.74, 6) is 1.87. The minimum atomic E-state index is 0.105. The van der Waals surface area contributed by atoms with Gasteiger partial charge in [-0.15, -0.1) is 0 Å². The van der Waals surface area contributed by atoms with Crippen LogP contribution >= 0.6 is 0 Å². The van der Waals surface area contributed by atoms with Crippen molar-refractivity contribution < 1.29 is 9.59 Å². The summed E-state index contributed by atoms with van der Waals surface area (Å²) in [6.07, 6.45) is 2.48. The fourth-order valence-corrected chi connectivity index (χ4v) is 3.10. The predicted octanol–water partition coefficient (Wildman–Crippen LogP) is -0.186. The number of aromatic nitrogens is 2. The minimum absolute atomic E-state index is 0.105. The molecule has 1 aromatic heterocycles. The molecule has 0 radical (unpaired) electrons. The highest BCUT2D eigenvalue weighted by Gasteiger charge is 2.23. The van der Waals surface area contributed by atoms with Crippen molar-refractivity contribution in [2.45, 2.75) is 13.3 Å². The third-order valence-electron chi connectivity index (χ3n) is 4.68. The van der Waals surface area contributed by atoms with Gasteiger partial charge >= 0.3 is 0 Å². The summed E-state index contributed by atoms with van der Waals surface area (Å²) in [7, 11) is 1.82. The SMILES string of the molecule is CC(=O)N1CCCN(c2cc(N3CCN(C)C(=O)C3)ncn2)CC1. The largest absolute Gasteiger partial charge is 0.355 e. The highest BCUT2D eigenvalue weighted by Crippen LogP contribution is 2.20. The first-order valence-electron chi connectivity index (χ1n) is 8.36. The van der Waals surface area contributed by atoms with Gasteiger partial charge in [0.05, 0.1) is 6.54 Å². The maximum Gasteiger partial charge on any atom is 0.241 e. The topological polar surface area (TPSA) is 72.9 Å². The molecule has 8 heteroatoms. The Hall–Kier alpha value is -2.38. The summed E-state index contributed by atoms with van der Waals surface area (Å²) in [5.41, 5.74) is 0. The van der Waals surface area contributed by atoms with Crippen LogP contribution in [0, 0.1) is 0 Å². The van der Waals surface area contributed by atoms with Gasteiger partial charge in [0.1, 0.15) is 18.0 Å². The number of carbonyl (C=O) groups is 2. The van der Waals surface area contributed by atoms with E-state index in [9.17, 15) is 9.59 Å². The Morgan fingerprint density at radius 3 is 2.42 bits per heavy atom. The highest BCUT2D eigenvalue weighted by atomic mass is 16.2. The molecule has 2 fully saturated rings. The van der Waals surface area contributed by atoms with Gasteiger partial charge in [-0.3, -0.25) is 9.59 Å². The van der Waals surface area contributed by atoms with E-state index in [-0.39, 0.29) is 11.8 Å². The standard InChI is InChI=1S/C16H24N6O2/c1-13(23)20-4-3-5-21(9-8-20)14-10-15(18-12-17-14)22-7-6-19(2)16(24)11-22/h10,12H,3-9,11H2,1-2H3. The molecule has 2 amide bonds. The number of rotatable bonds is 2. The van der Waals surface area contributed by atoms with Crippen molar-refractivity contribution in [3.05, 3.63) is 12.4 Å². The number of hydrogen-bond acceptors (Lipinski definition) is 6. The molecule has 0 saturated carbocycles. The second kappa shape index (κ2) is 7.02. The lowest BCUT2D eigenvalue weighted by molar-refractivity contribution is -0.130. The molecule has 1 aromatic rings. The zero-order chi connectivity index (χ0) is 17.1. The first-order valence-corrected chi connectivity index (χ1v) is 8.36. The number of carbonyl (C=O) groups excluding carboxylic acids is 2. The van der Waals surface area contributed by atoms with E-state index in [0.29, 0.717) is 19.6 Å². The molecule has 3 heterocycles. The Bertz CT molecular complexity index is 622. The second-order valence-corrected chi connectivity index (χ2v) is 6.32. The van der Waals surface area contributed by atoms with Gasteiger partial charge < -0.3 is 19.6 Å². The molecule has 0 unspecified atom stereocenters. The number of anilines is 2. The van der Waals surface area contributed by atoms with Crippen LogP contribution in [0.4, 0.5) is 11.6 Å². The third-order valence-corrected chi connectivity index (χ3v) is 4.68. The Morgan fingerprint density at radius 2 is 1.71 bits per heavy atom. The first-order chi connectivity index (χ1) is 11.5. The molecule has 130 valence electrons. The maximum atomic E-state index is 11.9. The van der Waals surface area contributed by atoms with Crippen LogP contribution in [0.1, 0.15) is 13.3 Å². The zero-order valence-corrected chi connectivity index (χ0v) is 14.3. The Kier molecular flexibility index (Phi) is 4.82. The normalized spacial score (nSPS) is 19.5. The van der Waals surface area contributed by atoms with Crippen LogP contribution in [0.15, 0.2) is 12.4 Å². The third kappa shape index (κ3) is 3.58. The fourth-order valence-electron chi connectivity index (χ4n) is 3.10. The average Bonchev–Trinajstić information content (AvgIpc) is 2.84. The van der Waals surface area contributed by atoms with E-state index in [0.717, 1.165) is 44.2 Å². The number of piperazine rings is 1. The van der Waals surface area contributed by atoms with Gasteiger partial charge in [0.15, 0.2) is 0 Å². The minimum Gasteiger partial charge on any atom is -0.355 e. The summed E-state index contributed by atoms with van der Waals surface area (Å²) in [6, 6.07) is 1.95. The number of nitrogens with zero attached hydrogens (tertiary/aromatic N) is 6. The van der Waals surface area contributed by atoms with Gasteiger partial charge in [-0.25, -0.2) is 9.97 Å². The quantitative estimate of drug-likeness (QED) is 0.748. The van der Waals surface area contributed by atoms with Crippen LogP contribution in [0.5, 0.6) is 0 Å². The van der Waals surface area contributed by atoms with Crippen LogP contribution < -0.4 is 9.80 Å². The summed E-state index contributed by atoms with van der Waals surface area (Å²) in [6.45, 7) is 6.57. The highest BCUT2D eigenvalue weighted by molar-refractivity contribution is 5.82. The van der Waals surface area contributed by atoms with Crippen molar-refractivity contribution in [3.63, 3.8) is 0 Å². The molecular weight excluding hydrogens is 308 g/mol. The van der Waals surface area contributed by atoms with Crippen molar-refractivity contribution in [2.75, 3.05) is 62.7 Å². The van der Waals surface area contributed by atoms with Gasteiger partial charge in [0, 0.05) is 59.3 Å². The van der Waals surface area contributed by atoms with E-state index < -0.39 is 0 Å². The fraction of sp³-hybridized carbons (Fsp3) is 0.625. The van der Waals surface area contributed by atoms with E-state index in [2.05, 4.69) is 14.9 Å². The van der Waals surface area contributed by atoms with Gasteiger partial charge in [-0.2, -0.15) is 0 Å². The van der Waals surface area contributed by atoms with Crippen molar-refractivity contribution in [1.29, 1.82) is 0 Å². The Balaban J connectivity index is 1.71. The zero-order valence-electron chi connectivity index (χ0n) is 14.3. The second-order valence-electron chi connectivity index (χ2n) is 6.32. The van der Waals surface area contributed by atoms with E-state index >= 15 is 0 Å². The molecule has 0 aliphatic carbocycles. The molecule has 8 nitrogen and oxygen atoms in total. The monoisotopic (exact) mass is 332 g/mol. The number of amides is 2. The van der Waals surface area contributed by atoms with E-state index in [1.165, 1.54) is 0 Å². The lowest BCUT2D eigenvalue weighted by Crippen LogP contribution is -2.48. The molecule has 2 saturated heterocycles. The number of hydrogen-bond donors (Lipinski definition) is 0. The lowest BCUT2D eigenvalue weighted by atomic mass is 10.3. The molecule has 2 aliphatic rings. The van der Waals surface area contributed by atoms with Crippen LogP contribution in [-0.4, -0.2) is 84.4 Å². The molecular formula is C16H24N6O2. The van der Waals surface area contributed by atoms with Gasteiger partial charge in [0.2, 0.25) is 11.8 Å². The van der Waals surface area contributed by atoms with Crippen molar-refractivity contribution in [1.82, 2.24) is 19.8 Å². The van der Waals surface area contributed by atoms with Crippen LogP contribution in [0.3, 0.4) is 0 Å². The molecule has 3 rings (SSSR count). The summed E-state index contributed by atoms with van der Waals surface area (Å²) < 4.78 is 0. The van der Waals surface area contributed by atoms with Gasteiger partial charge in [-0.1, -0.05) is 0 Å². The molecule has 0 bridgehead atoms. The molecule has 0 aromatic carbocycles. The summed E-state index contributed by atoms with van der Waals surface area (Å²) in [4.78, 5) is 40.0. The summed E-state index contributed by atoms with van der Waals surface area (Å²) >= 11 is 0. The molecule has 24 heavy (non-hydrogen) atoms. The summed E-state index contributed by atoms with van der Waals surface area (Å²) in [5, 5.41) is 0. The van der Waals surface area contributed by atoms with Crippen LogP contribution in [0.25, 0.3) is 0 Å². The van der Waals surface area contributed by atoms with Crippen molar-refractivity contribution in [3.8, 4) is 0 Å². The first kappa shape index (κ1) is 16.5. The predicted molar refractivity (Wildman–Crippen MR) is 91.0 cm³/mol. The van der Waals surface area contributed by atoms with E-state index in [1.54, 1.807) is 18.2 Å². The molecule has 0 atom stereocenters. The van der Waals surface area contributed by atoms with E-state index in [4.69, 9.17) is 0 Å². The average molecular weight is 332 g/mol. The number of likely N-dealkylation sites (N-methyl/N-ethyl adjacent to an activating group) is 1. The van der Waals surface area contributed by atoms with Gasteiger partial charge in [0.25, 0.3) is 0 Å². The Morgan fingerprint density at radius 1 is 1.00 bits per heavy atom. The van der Waals surface area contributed by atoms with Crippen LogP contribution in [0.2, 0.25) is 0 Å². The van der Waals surface area contributed by atoms with Gasteiger partial charge in [-0.05, 0) is 6.42 Å². The molecule has 0 spiro atoms. The van der Waals surface area contributed by atoms with Crippen LogP contribution in [-0.2, 0) is 9.59 Å². The lowest BCUT2D eigenvalue weighted by Gasteiger charge is -2.33. The van der Waals surface area contributed by atoms with E-state index in [1.807, 2.05) is 22.9 Å². The Labute approximate surface area is 142 Å².